The molecule has 2 rings (SSSR count). The molecule has 1 aromatic carbocycles. The fraction of sp³-hybridized carbons (Fsp3) is 0.455. The van der Waals surface area contributed by atoms with Gasteiger partial charge in [0.25, 0.3) is 0 Å². The SMILES string of the molecule is CCC1CNC1c1ccccc1. The van der Waals surface area contributed by atoms with Crippen LogP contribution in [0.5, 0.6) is 0 Å². The van der Waals surface area contributed by atoms with Gasteiger partial charge in [0, 0.05) is 12.6 Å². The monoisotopic (exact) mass is 161 g/mol. The second-order valence-electron chi connectivity index (χ2n) is 3.46. The van der Waals surface area contributed by atoms with E-state index in [1.807, 2.05) is 0 Å². The Labute approximate surface area is 73.8 Å². The molecule has 12 heavy (non-hydrogen) atoms. The molecule has 1 heterocycles. The minimum atomic E-state index is 0.621. The largest absolute Gasteiger partial charge is 0.309 e. The Morgan fingerprint density at radius 2 is 2.08 bits per heavy atom. The van der Waals surface area contributed by atoms with Gasteiger partial charge in [-0.25, -0.2) is 0 Å². The number of nitrogens with one attached hydrogen (secondary N) is 1. The highest BCUT2D eigenvalue weighted by Crippen LogP contribution is 2.30. The standard InChI is InChI=1S/C11H15N/c1-2-9-8-12-11(9)10-6-4-3-5-7-10/h3-7,9,11-12H,2,8H2,1H3. The van der Waals surface area contributed by atoms with Crippen molar-refractivity contribution in [3.63, 3.8) is 0 Å². The molecule has 0 aromatic heterocycles. The topological polar surface area (TPSA) is 12.0 Å². The lowest BCUT2D eigenvalue weighted by Crippen LogP contribution is -2.45. The van der Waals surface area contributed by atoms with Gasteiger partial charge in [0.2, 0.25) is 0 Å². The van der Waals surface area contributed by atoms with Crippen LogP contribution >= 0.6 is 0 Å². The van der Waals surface area contributed by atoms with Gasteiger partial charge in [-0.2, -0.15) is 0 Å². The third kappa shape index (κ3) is 1.25. The second kappa shape index (κ2) is 3.28. The van der Waals surface area contributed by atoms with Gasteiger partial charge in [0.05, 0.1) is 0 Å². The zero-order valence-corrected chi connectivity index (χ0v) is 7.46. The Bertz CT molecular complexity index is 240. The molecule has 0 aliphatic carbocycles. The van der Waals surface area contributed by atoms with Crippen molar-refractivity contribution in [2.24, 2.45) is 5.92 Å². The van der Waals surface area contributed by atoms with E-state index in [0.717, 1.165) is 5.92 Å². The summed E-state index contributed by atoms with van der Waals surface area (Å²) in [7, 11) is 0. The van der Waals surface area contributed by atoms with Crippen LogP contribution in [0.15, 0.2) is 30.3 Å². The summed E-state index contributed by atoms with van der Waals surface area (Å²) in [4.78, 5) is 0. The number of hydrogen-bond acceptors (Lipinski definition) is 1. The van der Waals surface area contributed by atoms with Gasteiger partial charge < -0.3 is 5.32 Å². The molecule has 1 nitrogen and oxygen atoms in total. The predicted molar refractivity (Wildman–Crippen MR) is 51.0 cm³/mol. The Morgan fingerprint density at radius 3 is 2.58 bits per heavy atom. The van der Waals surface area contributed by atoms with Gasteiger partial charge in [-0.3, -0.25) is 0 Å². The molecule has 1 aromatic rings. The zero-order chi connectivity index (χ0) is 8.39. The van der Waals surface area contributed by atoms with Crippen LogP contribution in [-0.2, 0) is 0 Å². The summed E-state index contributed by atoms with van der Waals surface area (Å²) < 4.78 is 0. The summed E-state index contributed by atoms with van der Waals surface area (Å²) in [5.41, 5.74) is 1.44. The van der Waals surface area contributed by atoms with Crippen molar-refractivity contribution in [1.82, 2.24) is 5.32 Å². The van der Waals surface area contributed by atoms with Crippen LogP contribution < -0.4 is 5.32 Å². The summed E-state index contributed by atoms with van der Waals surface area (Å²) >= 11 is 0. The molecule has 1 saturated heterocycles. The van der Waals surface area contributed by atoms with Crippen LogP contribution in [-0.4, -0.2) is 6.54 Å². The van der Waals surface area contributed by atoms with Crippen molar-refractivity contribution >= 4 is 0 Å². The van der Waals surface area contributed by atoms with E-state index in [0.29, 0.717) is 6.04 Å². The third-order valence-corrected chi connectivity index (χ3v) is 2.75. The first-order valence-electron chi connectivity index (χ1n) is 4.70. The van der Waals surface area contributed by atoms with Crippen LogP contribution in [0.25, 0.3) is 0 Å². The van der Waals surface area contributed by atoms with E-state index < -0.39 is 0 Å². The molecular weight excluding hydrogens is 146 g/mol. The molecule has 2 atom stereocenters. The summed E-state index contributed by atoms with van der Waals surface area (Å²) in [6.07, 6.45) is 1.28. The summed E-state index contributed by atoms with van der Waals surface area (Å²) in [5, 5.41) is 3.46. The van der Waals surface area contributed by atoms with Gasteiger partial charge in [0.15, 0.2) is 0 Å². The maximum atomic E-state index is 3.46. The van der Waals surface area contributed by atoms with Crippen molar-refractivity contribution < 1.29 is 0 Å². The fourth-order valence-electron chi connectivity index (χ4n) is 1.83. The number of rotatable bonds is 2. The molecule has 64 valence electrons. The van der Waals surface area contributed by atoms with Gasteiger partial charge >= 0.3 is 0 Å². The minimum absolute atomic E-state index is 0.621. The molecule has 1 N–H and O–H groups in total. The van der Waals surface area contributed by atoms with Gasteiger partial charge in [-0.05, 0) is 11.5 Å². The number of benzene rings is 1. The zero-order valence-electron chi connectivity index (χ0n) is 7.46. The molecule has 0 spiro atoms. The first-order valence-corrected chi connectivity index (χ1v) is 4.70. The van der Waals surface area contributed by atoms with E-state index in [-0.39, 0.29) is 0 Å². The number of hydrogen-bond donors (Lipinski definition) is 1. The molecular formula is C11H15N. The second-order valence-corrected chi connectivity index (χ2v) is 3.46. The van der Waals surface area contributed by atoms with E-state index in [2.05, 4.69) is 42.6 Å². The average Bonchev–Trinajstić information content (AvgIpc) is 2.05. The lowest BCUT2D eigenvalue weighted by molar-refractivity contribution is 0.229. The summed E-state index contributed by atoms with van der Waals surface area (Å²) in [6.45, 7) is 3.46. The minimum Gasteiger partial charge on any atom is -0.309 e. The smallest absolute Gasteiger partial charge is 0.0360 e. The van der Waals surface area contributed by atoms with Crippen molar-refractivity contribution in [2.75, 3.05) is 6.54 Å². The van der Waals surface area contributed by atoms with Crippen LogP contribution in [0.2, 0.25) is 0 Å². The Balaban J connectivity index is 2.11. The maximum Gasteiger partial charge on any atom is 0.0360 e. The van der Waals surface area contributed by atoms with Crippen molar-refractivity contribution in [3.05, 3.63) is 35.9 Å². The fourth-order valence-corrected chi connectivity index (χ4v) is 1.83. The first kappa shape index (κ1) is 7.81. The van der Waals surface area contributed by atoms with E-state index in [1.165, 1.54) is 18.5 Å². The molecule has 0 bridgehead atoms. The van der Waals surface area contributed by atoms with Crippen LogP contribution in [0.1, 0.15) is 24.9 Å². The summed E-state index contributed by atoms with van der Waals surface area (Å²) in [6, 6.07) is 11.3. The predicted octanol–water partition coefficient (Wildman–Crippen LogP) is 2.36. The normalized spacial score (nSPS) is 28.1. The quantitative estimate of drug-likeness (QED) is 0.702. The molecule has 1 fully saturated rings. The average molecular weight is 161 g/mol. The first-order chi connectivity index (χ1) is 5.92. The lowest BCUT2D eigenvalue weighted by atomic mass is 9.84. The summed E-state index contributed by atoms with van der Waals surface area (Å²) in [5.74, 6) is 0.854. The molecule has 1 heteroatoms. The molecule has 0 radical (unpaired) electrons. The third-order valence-electron chi connectivity index (χ3n) is 2.75. The van der Waals surface area contributed by atoms with E-state index >= 15 is 0 Å². The highest BCUT2D eigenvalue weighted by atomic mass is 15.0. The Hall–Kier alpha value is -0.820. The molecule has 1 aliphatic heterocycles. The van der Waals surface area contributed by atoms with E-state index in [9.17, 15) is 0 Å². The maximum absolute atomic E-state index is 3.46. The van der Waals surface area contributed by atoms with Crippen molar-refractivity contribution in [3.8, 4) is 0 Å². The van der Waals surface area contributed by atoms with Crippen molar-refractivity contribution in [2.45, 2.75) is 19.4 Å². The van der Waals surface area contributed by atoms with Crippen LogP contribution in [0.4, 0.5) is 0 Å². The molecule has 0 amide bonds. The highest BCUT2D eigenvalue weighted by Gasteiger charge is 2.29. The Morgan fingerprint density at radius 1 is 1.33 bits per heavy atom. The van der Waals surface area contributed by atoms with Crippen molar-refractivity contribution in [1.29, 1.82) is 0 Å². The molecule has 0 saturated carbocycles. The van der Waals surface area contributed by atoms with Crippen LogP contribution in [0.3, 0.4) is 0 Å². The molecule has 1 aliphatic rings. The van der Waals surface area contributed by atoms with E-state index in [1.54, 1.807) is 0 Å². The highest BCUT2D eigenvalue weighted by molar-refractivity contribution is 5.21. The lowest BCUT2D eigenvalue weighted by Gasteiger charge is -2.38. The van der Waals surface area contributed by atoms with Crippen LogP contribution in [0, 0.1) is 5.92 Å². The van der Waals surface area contributed by atoms with Gasteiger partial charge in [-0.1, -0.05) is 43.7 Å². The van der Waals surface area contributed by atoms with E-state index in [4.69, 9.17) is 0 Å². The van der Waals surface area contributed by atoms with Gasteiger partial charge in [-0.15, -0.1) is 0 Å². The Kier molecular flexibility index (Phi) is 2.13. The molecule has 2 unspecified atom stereocenters. The van der Waals surface area contributed by atoms with Gasteiger partial charge in [0.1, 0.15) is 0 Å².